The van der Waals surface area contributed by atoms with E-state index in [-0.39, 0.29) is 12.6 Å². The van der Waals surface area contributed by atoms with E-state index < -0.39 is 28.1 Å². The lowest BCUT2D eigenvalue weighted by atomic mass is 10.0. The van der Waals surface area contributed by atoms with E-state index in [4.69, 9.17) is 21.1 Å². The first-order valence-corrected chi connectivity index (χ1v) is 14.3. The average Bonchev–Trinajstić information content (AvgIpc) is 3.40. The Morgan fingerprint density at radius 2 is 1.75 bits per heavy atom. The van der Waals surface area contributed by atoms with Crippen LogP contribution < -0.4 is 4.74 Å². The van der Waals surface area contributed by atoms with Gasteiger partial charge in [-0.15, -0.1) is 0 Å². The number of nitrogens with zero attached hydrogens (tertiary/aromatic N) is 3. The number of aromatic amines is 1. The van der Waals surface area contributed by atoms with Crippen LogP contribution in [0, 0.1) is 0 Å². The summed E-state index contributed by atoms with van der Waals surface area (Å²) in [7, 11) is -2.20. The van der Waals surface area contributed by atoms with Crippen LogP contribution in [0.25, 0.3) is 33.5 Å². The normalized spacial score (nSPS) is 20.1. The molecule has 188 valence electrons. The zero-order valence-electron chi connectivity index (χ0n) is 20.1. The molecule has 7 nitrogen and oxygen atoms in total. The van der Waals surface area contributed by atoms with Gasteiger partial charge in [-0.25, -0.2) is 13.6 Å². The number of nitrogens with one attached hydrogen (secondary N) is 1. The monoisotopic (exact) mass is 528 g/mol. The second-order valence-corrected chi connectivity index (χ2v) is 12.0. The third kappa shape index (κ3) is 5.23. The minimum atomic E-state index is -2.20. The van der Waals surface area contributed by atoms with Gasteiger partial charge in [-0.05, 0) is 35.7 Å². The zero-order chi connectivity index (χ0) is 25.4. The molecule has 3 atom stereocenters. The van der Waals surface area contributed by atoms with Crippen molar-refractivity contribution >= 4 is 38.2 Å². The molecule has 2 aromatic carbocycles. The van der Waals surface area contributed by atoms with E-state index in [1.807, 2.05) is 55.5 Å². The fourth-order valence-electron chi connectivity index (χ4n) is 4.17. The van der Waals surface area contributed by atoms with Gasteiger partial charge >= 0.3 is 0 Å². The highest BCUT2D eigenvalue weighted by molar-refractivity contribution is 7.92. The predicted molar refractivity (Wildman–Crippen MR) is 141 cm³/mol. The van der Waals surface area contributed by atoms with Gasteiger partial charge in [0, 0.05) is 27.8 Å². The molecule has 0 bridgehead atoms. The van der Waals surface area contributed by atoms with Crippen molar-refractivity contribution in [3.05, 3.63) is 59.6 Å². The zero-order valence-corrected chi connectivity index (χ0v) is 21.6. The Morgan fingerprint density at radius 1 is 1.11 bits per heavy atom. The number of pyridine rings is 1. The van der Waals surface area contributed by atoms with Crippen LogP contribution in [-0.2, 0) is 14.5 Å². The largest absolute Gasteiger partial charge is 0.456 e. The number of hydrogen-bond acceptors (Lipinski definition) is 6. The molecule has 5 rings (SSSR count). The third-order valence-electron chi connectivity index (χ3n) is 5.94. The Hall–Kier alpha value is -3.01. The number of hydrogen-bond donors (Lipinski definition) is 1. The van der Waals surface area contributed by atoms with Crippen molar-refractivity contribution in [1.82, 2.24) is 15.0 Å². The summed E-state index contributed by atoms with van der Waals surface area (Å²) in [6.07, 6.45) is 1.42. The molecule has 0 saturated carbocycles. The van der Waals surface area contributed by atoms with Gasteiger partial charge in [0.1, 0.15) is 0 Å². The van der Waals surface area contributed by atoms with Crippen molar-refractivity contribution in [2.75, 3.05) is 19.1 Å². The first-order chi connectivity index (χ1) is 17.2. The summed E-state index contributed by atoms with van der Waals surface area (Å²) >= 11 is 6.54. The van der Waals surface area contributed by atoms with Crippen LogP contribution >= 0.6 is 11.6 Å². The van der Waals surface area contributed by atoms with Gasteiger partial charge in [-0.1, -0.05) is 54.9 Å². The Balaban J connectivity index is 1.36. The van der Waals surface area contributed by atoms with Gasteiger partial charge in [0.15, 0.2) is 17.9 Å². The summed E-state index contributed by atoms with van der Waals surface area (Å²) in [5.41, 5.74) is 5.15. The Labute approximate surface area is 214 Å². The van der Waals surface area contributed by atoms with Gasteiger partial charge < -0.3 is 14.5 Å². The van der Waals surface area contributed by atoms with E-state index >= 15 is 0 Å². The minimum absolute atomic E-state index is 0.178. The second-order valence-electron chi connectivity index (χ2n) is 9.01. The lowest BCUT2D eigenvalue weighted by Gasteiger charge is -2.13. The Kier molecular flexibility index (Phi) is 6.72. The summed E-state index contributed by atoms with van der Waals surface area (Å²) < 4.78 is 41.7. The number of H-pyrrole nitrogens is 1. The van der Waals surface area contributed by atoms with E-state index in [2.05, 4.69) is 19.3 Å². The topological polar surface area (TPSA) is 89.5 Å². The molecule has 0 unspecified atom stereocenters. The van der Waals surface area contributed by atoms with Crippen LogP contribution in [0.5, 0.6) is 6.01 Å². The second kappa shape index (κ2) is 9.80. The number of halogens is 2. The van der Waals surface area contributed by atoms with Gasteiger partial charge in [-0.3, -0.25) is 0 Å². The molecule has 0 amide bonds. The number of aromatic nitrogens is 3. The first kappa shape index (κ1) is 24.7. The van der Waals surface area contributed by atoms with Crippen molar-refractivity contribution < 1.29 is 18.1 Å². The van der Waals surface area contributed by atoms with Crippen molar-refractivity contribution in [3.63, 3.8) is 0 Å². The SMILES string of the molecule is CC[C@H]1OC[C@@H](Oc2nc3nc(-c4ccc(-c5ccc(N=S(C)(C)=O)cc5)cc4)c(Cl)cc3[nH]2)[C@H]1F. The minimum Gasteiger partial charge on any atom is -0.456 e. The van der Waals surface area contributed by atoms with Crippen LogP contribution in [0.3, 0.4) is 0 Å². The van der Waals surface area contributed by atoms with E-state index in [0.717, 1.165) is 16.7 Å². The van der Waals surface area contributed by atoms with E-state index in [9.17, 15) is 8.60 Å². The van der Waals surface area contributed by atoms with Gasteiger partial charge in [0.25, 0.3) is 6.01 Å². The highest BCUT2D eigenvalue weighted by atomic mass is 35.5. The van der Waals surface area contributed by atoms with Gasteiger partial charge in [0.05, 0.1) is 34.6 Å². The molecule has 3 heterocycles. The molecular formula is C26H26ClFN4O3S. The highest BCUT2D eigenvalue weighted by Gasteiger charge is 2.38. The highest BCUT2D eigenvalue weighted by Crippen LogP contribution is 2.32. The van der Waals surface area contributed by atoms with Crippen molar-refractivity contribution in [2.24, 2.45) is 4.36 Å². The maximum atomic E-state index is 14.4. The molecule has 0 aliphatic carbocycles. The van der Waals surface area contributed by atoms with E-state index in [1.165, 1.54) is 0 Å². The number of alkyl halides is 1. The molecule has 1 aliphatic rings. The standard InChI is InChI=1S/C26H26ClFN4O3S/c1-4-21-23(28)22(14-34-21)35-26-29-20-13-19(27)24(30-25(20)31-26)17-7-5-15(6-8-17)16-9-11-18(12-10-16)32-36(2,3)33/h5-13,21-23H,4,14H2,1-3H3,(H,29,30,31)/t21-,22-,23+/m1/s1. The molecule has 1 N–H and O–H groups in total. The number of rotatable bonds is 6. The summed E-state index contributed by atoms with van der Waals surface area (Å²) in [5.74, 6) is 0. The summed E-state index contributed by atoms with van der Waals surface area (Å²) in [5, 5.41) is 0.456. The smallest absolute Gasteiger partial charge is 0.296 e. The molecule has 1 fully saturated rings. The average molecular weight is 529 g/mol. The molecule has 0 radical (unpaired) electrons. The lowest BCUT2D eigenvalue weighted by Crippen LogP contribution is -2.30. The van der Waals surface area contributed by atoms with E-state index in [0.29, 0.717) is 34.0 Å². The number of imidazole rings is 1. The van der Waals surface area contributed by atoms with Gasteiger partial charge in [0.2, 0.25) is 0 Å². The van der Waals surface area contributed by atoms with Gasteiger partial charge in [-0.2, -0.15) is 9.35 Å². The number of fused-ring (bicyclic) bond motifs is 1. The molecule has 2 aromatic heterocycles. The van der Waals surface area contributed by atoms with Crippen molar-refractivity contribution in [1.29, 1.82) is 0 Å². The molecule has 10 heteroatoms. The summed E-state index contributed by atoms with van der Waals surface area (Å²) in [4.78, 5) is 12.0. The molecular weight excluding hydrogens is 503 g/mol. The number of benzene rings is 2. The Morgan fingerprint density at radius 3 is 2.36 bits per heavy atom. The lowest BCUT2D eigenvalue weighted by molar-refractivity contribution is 0.0750. The first-order valence-electron chi connectivity index (χ1n) is 11.6. The summed E-state index contributed by atoms with van der Waals surface area (Å²) in [6, 6.07) is 17.4. The fourth-order valence-corrected chi connectivity index (χ4v) is 5.06. The number of ether oxygens (including phenoxy) is 2. The van der Waals surface area contributed by atoms with Crippen LogP contribution in [0.4, 0.5) is 10.1 Å². The molecule has 4 aromatic rings. The quantitative estimate of drug-likeness (QED) is 0.322. The van der Waals surface area contributed by atoms with Crippen molar-refractivity contribution in [2.45, 2.75) is 31.7 Å². The molecule has 1 saturated heterocycles. The predicted octanol–water partition coefficient (Wildman–Crippen LogP) is 6.20. The Bertz CT molecular complexity index is 1510. The molecule has 0 spiro atoms. The van der Waals surface area contributed by atoms with Crippen LogP contribution in [-0.4, -0.2) is 56.7 Å². The maximum absolute atomic E-state index is 14.4. The fraction of sp³-hybridized carbons (Fsp3) is 0.308. The van der Waals surface area contributed by atoms with Crippen LogP contribution in [0.1, 0.15) is 13.3 Å². The third-order valence-corrected chi connectivity index (χ3v) is 6.88. The van der Waals surface area contributed by atoms with E-state index in [1.54, 1.807) is 18.6 Å². The molecule has 1 aliphatic heterocycles. The van der Waals surface area contributed by atoms with Crippen LogP contribution in [0.2, 0.25) is 5.02 Å². The summed E-state index contributed by atoms with van der Waals surface area (Å²) in [6.45, 7) is 2.06. The molecule has 36 heavy (non-hydrogen) atoms. The van der Waals surface area contributed by atoms with Crippen molar-refractivity contribution in [3.8, 4) is 28.4 Å². The maximum Gasteiger partial charge on any atom is 0.296 e. The van der Waals surface area contributed by atoms with Crippen LogP contribution in [0.15, 0.2) is 59.0 Å².